The van der Waals surface area contributed by atoms with Gasteiger partial charge in [0.15, 0.2) is 6.29 Å². The van der Waals surface area contributed by atoms with Gasteiger partial charge in [0.1, 0.15) is 24.4 Å². The number of ether oxygens (including phenoxy) is 1. The Morgan fingerprint density at radius 3 is 1.94 bits per heavy atom. The highest BCUT2D eigenvalue weighted by atomic mass is 16.6. The van der Waals surface area contributed by atoms with Crippen LogP contribution in [0.4, 0.5) is 0 Å². The van der Waals surface area contributed by atoms with E-state index in [1.54, 1.807) is 0 Å². The molecule has 0 spiro atoms. The van der Waals surface area contributed by atoms with Crippen LogP contribution < -0.4 is 0 Å². The molecule has 1 heterocycles. The van der Waals surface area contributed by atoms with E-state index in [9.17, 15) is 4.79 Å². The zero-order valence-corrected chi connectivity index (χ0v) is 9.80. The average molecular weight is 266 g/mol. The van der Waals surface area contributed by atoms with Crippen LogP contribution in [-0.2, 0) is 9.53 Å². The predicted octanol–water partition coefficient (Wildman–Crippen LogP) is -2.57. The van der Waals surface area contributed by atoms with Crippen molar-refractivity contribution in [3.63, 3.8) is 0 Å². The minimum atomic E-state index is -1.57. The van der Waals surface area contributed by atoms with Gasteiger partial charge in [-0.05, 0) is 6.92 Å². The molecular formula is C10H18O8. The quantitative estimate of drug-likeness (QED) is 0.299. The summed E-state index contributed by atoms with van der Waals surface area (Å²) in [6.45, 7) is 4.08. The molecule has 0 bridgehead atoms. The maximum absolute atomic E-state index is 9.60. The highest BCUT2D eigenvalue weighted by Gasteiger charge is 2.42. The van der Waals surface area contributed by atoms with Crippen LogP contribution in [0.5, 0.6) is 0 Å². The Morgan fingerprint density at radius 2 is 1.61 bits per heavy atom. The van der Waals surface area contributed by atoms with E-state index in [1.807, 2.05) is 0 Å². The Bertz CT molecular complexity index is 275. The van der Waals surface area contributed by atoms with Crippen LogP contribution in [0, 0.1) is 0 Å². The van der Waals surface area contributed by atoms with Crippen LogP contribution in [0.3, 0.4) is 0 Å². The molecule has 8 nitrogen and oxygen atoms in total. The molecule has 0 aromatic rings. The first kappa shape index (κ1) is 17.0. The Kier molecular flexibility index (Phi) is 6.99. The topological polar surface area (TPSA) is 148 Å². The van der Waals surface area contributed by atoms with Gasteiger partial charge in [-0.3, -0.25) is 0 Å². The summed E-state index contributed by atoms with van der Waals surface area (Å²) in [6, 6.07) is 0. The lowest BCUT2D eigenvalue weighted by molar-refractivity contribution is -0.286. The number of aliphatic hydroxyl groups excluding tert-OH is 5. The third-order valence-corrected chi connectivity index (χ3v) is 2.23. The number of hydrogen-bond donors (Lipinski definition) is 6. The Hall–Kier alpha value is -1.03. The molecule has 0 aliphatic carbocycles. The van der Waals surface area contributed by atoms with Gasteiger partial charge in [-0.2, -0.15) is 0 Å². The number of rotatable bonds is 2. The third kappa shape index (κ3) is 4.69. The van der Waals surface area contributed by atoms with Crippen LogP contribution in [0.1, 0.15) is 6.92 Å². The summed E-state index contributed by atoms with van der Waals surface area (Å²) in [4.78, 5) is 9.60. The molecular weight excluding hydrogens is 248 g/mol. The number of carboxylic acid groups (broad SMARTS) is 1. The monoisotopic (exact) mass is 266 g/mol. The summed E-state index contributed by atoms with van der Waals surface area (Å²) in [5, 5.41) is 52.5. The number of hydrogen-bond acceptors (Lipinski definition) is 7. The van der Waals surface area contributed by atoms with Crippen molar-refractivity contribution in [2.45, 2.75) is 37.6 Å². The molecule has 1 saturated heterocycles. The summed E-state index contributed by atoms with van der Waals surface area (Å²) in [7, 11) is 0. The van der Waals surface area contributed by atoms with Crippen LogP contribution in [0.25, 0.3) is 0 Å². The highest BCUT2D eigenvalue weighted by Crippen LogP contribution is 2.18. The van der Waals surface area contributed by atoms with Gasteiger partial charge in [0.2, 0.25) is 0 Å². The van der Waals surface area contributed by atoms with Gasteiger partial charge in [-0.15, -0.1) is 0 Å². The van der Waals surface area contributed by atoms with Crippen molar-refractivity contribution in [3.05, 3.63) is 12.2 Å². The van der Waals surface area contributed by atoms with E-state index in [2.05, 4.69) is 11.3 Å². The number of aliphatic carboxylic acids is 1. The first-order chi connectivity index (χ1) is 8.22. The van der Waals surface area contributed by atoms with Gasteiger partial charge in [-0.1, -0.05) is 6.58 Å². The lowest BCUT2D eigenvalue weighted by atomic mass is 10.00. The zero-order chi connectivity index (χ0) is 14.5. The lowest BCUT2D eigenvalue weighted by Crippen LogP contribution is -2.58. The minimum Gasteiger partial charge on any atom is -0.478 e. The molecule has 106 valence electrons. The summed E-state index contributed by atoms with van der Waals surface area (Å²) in [5.74, 6) is -0.935. The molecule has 1 unspecified atom stereocenters. The van der Waals surface area contributed by atoms with Crippen molar-refractivity contribution in [3.8, 4) is 0 Å². The molecule has 0 amide bonds. The van der Waals surface area contributed by atoms with Crippen LogP contribution in [-0.4, -0.2) is 73.9 Å². The molecule has 5 atom stereocenters. The maximum atomic E-state index is 9.60. The van der Waals surface area contributed by atoms with E-state index in [4.69, 9.17) is 30.6 Å². The second-order valence-electron chi connectivity index (χ2n) is 3.80. The van der Waals surface area contributed by atoms with Gasteiger partial charge in [0, 0.05) is 5.57 Å². The first-order valence-electron chi connectivity index (χ1n) is 5.09. The molecule has 1 rings (SSSR count). The van der Waals surface area contributed by atoms with E-state index in [0.717, 1.165) is 0 Å². The van der Waals surface area contributed by atoms with E-state index < -0.39 is 43.3 Å². The highest BCUT2D eigenvalue weighted by molar-refractivity contribution is 5.84. The largest absolute Gasteiger partial charge is 0.478 e. The third-order valence-electron chi connectivity index (χ3n) is 2.23. The van der Waals surface area contributed by atoms with Crippen molar-refractivity contribution < 1.29 is 40.2 Å². The smallest absolute Gasteiger partial charge is 0.330 e. The average Bonchev–Trinajstić information content (AvgIpc) is 2.31. The SMILES string of the molecule is C=C(C)C(=O)O.OC[C@H]1OC(O)[C@H](O)[C@@H](O)[C@@H]1O. The molecule has 0 aromatic carbocycles. The van der Waals surface area contributed by atoms with E-state index >= 15 is 0 Å². The molecule has 18 heavy (non-hydrogen) atoms. The lowest BCUT2D eigenvalue weighted by Gasteiger charge is -2.37. The van der Waals surface area contributed by atoms with Crippen LogP contribution in [0.2, 0.25) is 0 Å². The van der Waals surface area contributed by atoms with Gasteiger partial charge >= 0.3 is 5.97 Å². The Balaban J connectivity index is 0.000000411. The minimum absolute atomic E-state index is 0.176. The Morgan fingerprint density at radius 1 is 1.17 bits per heavy atom. The van der Waals surface area contributed by atoms with Crippen LogP contribution in [0.15, 0.2) is 12.2 Å². The second kappa shape index (κ2) is 7.41. The maximum Gasteiger partial charge on any atom is 0.330 e. The Labute approximate surface area is 103 Å². The summed E-state index contributed by atoms with van der Waals surface area (Å²) >= 11 is 0. The van der Waals surface area contributed by atoms with E-state index in [0.29, 0.717) is 0 Å². The van der Waals surface area contributed by atoms with Crippen LogP contribution >= 0.6 is 0 Å². The van der Waals surface area contributed by atoms with Gasteiger partial charge in [0.05, 0.1) is 6.61 Å². The first-order valence-corrected chi connectivity index (χ1v) is 5.09. The number of carbonyl (C=O) groups is 1. The summed E-state index contributed by atoms with van der Waals surface area (Å²) < 4.78 is 4.58. The molecule has 6 N–H and O–H groups in total. The molecule has 1 aliphatic rings. The molecule has 1 aliphatic heterocycles. The molecule has 0 aromatic heterocycles. The van der Waals surface area contributed by atoms with E-state index in [-0.39, 0.29) is 5.57 Å². The standard InChI is InChI=1S/C6H12O6.C4H6O2/c7-1-2-3(8)4(9)5(10)6(11)12-2;1-3(2)4(5)6/h2-11H,1H2;1H2,2H3,(H,5,6)/t2-,3-,4+,5-,6?;/m1./s1. The predicted molar refractivity (Wildman–Crippen MR) is 58.4 cm³/mol. The fourth-order valence-corrected chi connectivity index (χ4v) is 1.08. The van der Waals surface area contributed by atoms with E-state index in [1.165, 1.54) is 6.92 Å². The van der Waals surface area contributed by atoms with Crippen molar-refractivity contribution in [2.24, 2.45) is 0 Å². The molecule has 8 heteroatoms. The summed E-state index contributed by atoms with van der Waals surface area (Å²) in [5.41, 5.74) is 0.176. The van der Waals surface area contributed by atoms with Crippen molar-refractivity contribution in [1.82, 2.24) is 0 Å². The fraction of sp³-hybridized carbons (Fsp3) is 0.700. The fourth-order valence-electron chi connectivity index (χ4n) is 1.08. The molecule has 0 saturated carbocycles. The van der Waals surface area contributed by atoms with Crippen molar-refractivity contribution >= 4 is 5.97 Å². The van der Waals surface area contributed by atoms with Gasteiger partial charge < -0.3 is 35.4 Å². The van der Waals surface area contributed by atoms with Gasteiger partial charge in [-0.25, -0.2) is 4.79 Å². The molecule has 1 fully saturated rings. The van der Waals surface area contributed by atoms with Crippen molar-refractivity contribution in [1.29, 1.82) is 0 Å². The zero-order valence-electron chi connectivity index (χ0n) is 9.80. The number of aliphatic hydroxyl groups is 5. The molecule has 0 radical (unpaired) electrons. The van der Waals surface area contributed by atoms with Gasteiger partial charge in [0.25, 0.3) is 0 Å². The normalized spacial score (nSPS) is 35.3. The van der Waals surface area contributed by atoms with Crippen molar-refractivity contribution in [2.75, 3.05) is 6.61 Å². The number of carboxylic acids is 1. The summed E-state index contributed by atoms with van der Waals surface area (Å²) in [6.07, 6.45) is -7.04. The second-order valence-corrected chi connectivity index (χ2v) is 3.80.